The number of aliphatic hydroxyl groups excluding tert-OH is 2. The van der Waals surface area contributed by atoms with Crippen LogP contribution in [0.25, 0.3) is 0 Å². The van der Waals surface area contributed by atoms with Crippen LogP contribution in [0.15, 0.2) is 23.1 Å². The van der Waals surface area contributed by atoms with Gasteiger partial charge in [0, 0.05) is 18.8 Å². The van der Waals surface area contributed by atoms with Gasteiger partial charge in [-0.25, -0.2) is 4.79 Å². The molecule has 5 rings (SSSR count). The molecule has 0 saturated heterocycles. The minimum atomic E-state index is -1.01. The molecule has 4 saturated carbocycles. The first-order valence-electron chi connectivity index (χ1n) is 15.3. The molecule has 1 aromatic rings. The Balaban J connectivity index is 1.30. The van der Waals surface area contributed by atoms with Crippen LogP contribution in [0.5, 0.6) is 0 Å². The Morgan fingerprint density at radius 1 is 1.05 bits per heavy atom. The van der Waals surface area contributed by atoms with E-state index in [1.54, 1.807) is 4.57 Å². The Hall–Kier alpha value is -1.66. The molecular formula is C32H49NO5. The largest absolute Gasteiger partial charge is 0.478 e. The molecule has 0 unspecified atom stereocenters. The number of hydrogen-bond acceptors (Lipinski definition) is 4. The predicted molar refractivity (Wildman–Crippen MR) is 148 cm³/mol. The smallest absolute Gasteiger partial charge is 0.337 e. The molecule has 1 aromatic heterocycles. The highest BCUT2D eigenvalue weighted by Crippen LogP contribution is 2.69. The molecule has 0 radical (unpaired) electrons. The number of carboxylic acid groups (broad SMARTS) is 1. The van der Waals surface area contributed by atoms with E-state index in [-0.39, 0.29) is 40.1 Å². The van der Waals surface area contributed by atoms with Crippen molar-refractivity contribution in [2.75, 3.05) is 0 Å². The fourth-order valence-electron chi connectivity index (χ4n) is 10.5. The summed E-state index contributed by atoms with van der Waals surface area (Å²) in [6.45, 7) is 10.1. The molecule has 4 aliphatic carbocycles. The van der Waals surface area contributed by atoms with E-state index in [1.165, 1.54) is 44.0 Å². The highest BCUT2D eigenvalue weighted by molar-refractivity contribution is 5.87. The van der Waals surface area contributed by atoms with Crippen LogP contribution in [-0.2, 0) is 6.54 Å². The summed E-state index contributed by atoms with van der Waals surface area (Å²) in [4.78, 5) is 23.6. The van der Waals surface area contributed by atoms with Gasteiger partial charge in [0.25, 0.3) is 5.56 Å². The number of aryl methyl sites for hydroxylation is 1. The van der Waals surface area contributed by atoms with E-state index >= 15 is 0 Å². The number of rotatable bonds is 7. The topological polar surface area (TPSA) is 99.8 Å². The van der Waals surface area contributed by atoms with Gasteiger partial charge < -0.3 is 19.9 Å². The maximum atomic E-state index is 12.3. The standard InChI is InChI=1S/C32H49NO5/c1-5-22-26-17-21(34)12-14-32(26,4)25-13-15-31(3)23(9-10-24(31)28(25)29(22)36)19(2)7-6-16-33-18-20(30(37)38)8-11-27(33)35/h8,11,18-19,21-26,28-29,34,36H,5-7,9-10,12-17H2,1-4H3,(H,37,38)/t19-,21-,22-,23-,24+,25+,26+,28+,29-,31-,32-/m1/s1. The summed E-state index contributed by atoms with van der Waals surface area (Å²) in [6, 6.07) is 2.73. The van der Waals surface area contributed by atoms with Gasteiger partial charge in [-0.1, -0.05) is 34.1 Å². The number of aromatic nitrogens is 1. The van der Waals surface area contributed by atoms with E-state index in [1.807, 2.05) is 0 Å². The van der Waals surface area contributed by atoms with Crippen LogP contribution in [0, 0.1) is 52.3 Å². The Morgan fingerprint density at radius 3 is 2.47 bits per heavy atom. The van der Waals surface area contributed by atoms with Crippen molar-refractivity contribution in [2.24, 2.45) is 52.3 Å². The van der Waals surface area contributed by atoms with Crippen LogP contribution in [0.1, 0.15) is 102 Å². The number of hydrogen-bond donors (Lipinski definition) is 3. The molecule has 6 heteroatoms. The van der Waals surface area contributed by atoms with Crippen LogP contribution in [0.4, 0.5) is 0 Å². The zero-order chi connectivity index (χ0) is 27.4. The van der Waals surface area contributed by atoms with Gasteiger partial charge >= 0.3 is 5.97 Å². The van der Waals surface area contributed by atoms with Gasteiger partial charge in [0.15, 0.2) is 0 Å². The first-order valence-corrected chi connectivity index (χ1v) is 15.3. The molecule has 38 heavy (non-hydrogen) atoms. The van der Waals surface area contributed by atoms with Crippen LogP contribution in [0.3, 0.4) is 0 Å². The number of carboxylic acids is 1. The fraction of sp³-hybridized carbons (Fsp3) is 0.812. The molecule has 212 valence electrons. The van der Waals surface area contributed by atoms with E-state index in [0.29, 0.717) is 42.1 Å². The van der Waals surface area contributed by atoms with Crippen molar-refractivity contribution in [1.29, 1.82) is 0 Å². The zero-order valence-electron chi connectivity index (χ0n) is 23.8. The quantitative estimate of drug-likeness (QED) is 0.429. The summed E-state index contributed by atoms with van der Waals surface area (Å²) < 4.78 is 1.54. The number of nitrogens with zero attached hydrogens (tertiary/aromatic N) is 1. The minimum Gasteiger partial charge on any atom is -0.478 e. The van der Waals surface area contributed by atoms with Crippen molar-refractivity contribution < 1.29 is 20.1 Å². The fourth-order valence-corrected chi connectivity index (χ4v) is 10.5. The average molecular weight is 528 g/mol. The van der Waals surface area contributed by atoms with Crippen molar-refractivity contribution in [2.45, 2.75) is 111 Å². The number of fused-ring (bicyclic) bond motifs is 5. The van der Waals surface area contributed by atoms with Gasteiger partial charge in [0.2, 0.25) is 0 Å². The van der Waals surface area contributed by atoms with Gasteiger partial charge in [-0.2, -0.15) is 0 Å². The number of pyridine rings is 1. The maximum Gasteiger partial charge on any atom is 0.337 e. The molecule has 1 heterocycles. The normalized spacial score (nSPS) is 43.1. The van der Waals surface area contributed by atoms with E-state index < -0.39 is 5.97 Å². The third-order valence-corrected chi connectivity index (χ3v) is 12.4. The lowest BCUT2D eigenvalue weighted by Crippen LogP contribution is -2.62. The summed E-state index contributed by atoms with van der Waals surface area (Å²) >= 11 is 0. The van der Waals surface area contributed by atoms with E-state index in [4.69, 9.17) is 0 Å². The lowest BCUT2D eigenvalue weighted by molar-refractivity contribution is -0.203. The average Bonchev–Trinajstić information content (AvgIpc) is 3.23. The second-order valence-electron chi connectivity index (χ2n) is 14.0. The Labute approximate surface area is 227 Å². The SMILES string of the molecule is CC[C@H]1[C@@H](O)[C@@H]2[C@H](CC[C@]3(C)[C@@H]([C@H](C)CCCn4cc(C(=O)O)ccc4=O)CC[C@@H]23)[C@@]2(C)CC[C@@H](O)C[C@@H]12. The molecule has 11 atom stereocenters. The molecule has 4 aliphatic rings. The Kier molecular flexibility index (Phi) is 7.62. The third kappa shape index (κ3) is 4.48. The monoisotopic (exact) mass is 527 g/mol. The summed E-state index contributed by atoms with van der Waals surface area (Å²) in [7, 11) is 0. The summed E-state index contributed by atoms with van der Waals surface area (Å²) in [5, 5.41) is 31.7. The molecule has 0 spiro atoms. The molecule has 0 aliphatic heterocycles. The van der Waals surface area contributed by atoms with Crippen molar-refractivity contribution in [1.82, 2.24) is 4.57 Å². The van der Waals surface area contributed by atoms with E-state index in [0.717, 1.165) is 38.5 Å². The lowest BCUT2D eigenvalue weighted by Gasteiger charge is -2.64. The first kappa shape index (κ1) is 27.9. The molecule has 3 N–H and O–H groups in total. The van der Waals surface area contributed by atoms with Gasteiger partial charge in [-0.15, -0.1) is 0 Å². The van der Waals surface area contributed by atoms with E-state index in [9.17, 15) is 24.9 Å². The van der Waals surface area contributed by atoms with Crippen LogP contribution < -0.4 is 5.56 Å². The van der Waals surface area contributed by atoms with Crippen LogP contribution in [-0.4, -0.2) is 38.1 Å². The molecule has 0 aromatic carbocycles. The first-order chi connectivity index (χ1) is 18.0. The van der Waals surface area contributed by atoms with Gasteiger partial charge in [0.1, 0.15) is 0 Å². The third-order valence-electron chi connectivity index (χ3n) is 12.4. The molecule has 4 fully saturated rings. The van der Waals surface area contributed by atoms with Crippen molar-refractivity contribution in [3.8, 4) is 0 Å². The molecule has 0 amide bonds. The molecular weight excluding hydrogens is 478 g/mol. The molecule has 6 nitrogen and oxygen atoms in total. The predicted octanol–water partition coefficient (Wildman–Crippen LogP) is 5.59. The van der Waals surface area contributed by atoms with Crippen molar-refractivity contribution in [3.05, 3.63) is 34.2 Å². The lowest BCUT2D eigenvalue weighted by atomic mass is 9.41. The van der Waals surface area contributed by atoms with Gasteiger partial charge in [-0.05, 0) is 116 Å². The summed E-state index contributed by atoms with van der Waals surface area (Å²) in [5.74, 6) is 2.32. The maximum absolute atomic E-state index is 12.3. The van der Waals surface area contributed by atoms with Gasteiger partial charge in [0.05, 0.1) is 17.8 Å². The Morgan fingerprint density at radius 2 is 1.76 bits per heavy atom. The Bertz CT molecular complexity index is 1080. The highest BCUT2D eigenvalue weighted by Gasteiger charge is 2.64. The van der Waals surface area contributed by atoms with Crippen molar-refractivity contribution >= 4 is 5.97 Å². The van der Waals surface area contributed by atoms with Crippen LogP contribution >= 0.6 is 0 Å². The molecule has 0 bridgehead atoms. The number of aliphatic hydroxyl groups is 2. The van der Waals surface area contributed by atoms with Crippen molar-refractivity contribution in [3.63, 3.8) is 0 Å². The number of carbonyl (C=O) groups is 1. The van der Waals surface area contributed by atoms with E-state index in [2.05, 4.69) is 27.7 Å². The second-order valence-corrected chi connectivity index (χ2v) is 14.0. The second kappa shape index (κ2) is 10.4. The van der Waals surface area contributed by atoms with Crippen LogP contribution in [0.2, 0.25) is 0 Å². The number of aromatic carboxylic acids is 1. The minimum absolute atomic E-state index is 0.146. The highest BCUT2D eigenvalue weighted by atomic mass is 16.4. The summed E-state index contributed by atoms with van der Waals surface area (Å²) in [6.07, 6.45) is 11.5. The zero-order valence-corrected chi connectivity index (χ0v) is 23.8. The summed E-state index contributed by atoms with van der Waals surface area (Å²) in [5.41, 5.74) is 0.470. The van der Waals surface area contributed by atoms with Gasteiger partial charge in [-0.3, -0.25) is 4.79 Å².